The summed E-state index contributed by atoms with van der Waals surface area (Å²) in [5, 5.41) is 6.90. The van der Waals surface area contributed by atoms with Crippen LogP contribution < -0.4 is 10.6 Å². The third-order valence-corrected chi connectivity index (χ3v) is 4.78. The highest BCUT2D eigenvalue weighted by Gasteiger charge is 2.27. The van der Waals surface area contributed by atoms with Gasteiger partial charge in [-0.25, -0.2) is 9.97 Å². The number of amides is 2. The van der Waals surface area contributed by atoms with Crippen LogP contribution in [0.5, 0.6) is 0 Å². The van der Waals surface area contributed by atoms with Gasteiger partial charge in [-0.1, -0.05) is 6.58 Å². The van der Waals surface area contributed by atoms with Crippen LogP contribution in [0.1, 0.15) is 16.8 Å². The summed E-state index contributed by atoms with van der Waals surface area (Å²) in [5.41, 5.74) is 1.98. The average Bonchev–Trinajstić information content (AvgIpc) is 3.22. The number of benzene rings is 1. The molecule has 1 saturated heterocycles. The van der Waals surface area contributed by atoms with Crippen LogP contribution in [0.3, 0.4) is 0 Å². The van der Waals surface area contributed by atoms with Crippen LogP contribution in [0.25, 0.3) is 10.9 Å². The van der Waals surface area contributed by atoms with Crippen LogP contribution >= 0.6 is 0 Å². The van der Waals surface area contributed by atoms with Crippen molar-refractivity contribution in [1.29, 1.82) is 0 Å². The molecular weight excluding hydrogens is 368 g/mol. The Hall–Kier alpha value is -3.81. The molecule has 29 heavy (non-hydrogen) atoms. The predicted molar refractivity (Wildman–Crippen MR) is 111 cm³/mol. The number of carbonyl (C=O) groups is 2. The van der Waals surface area contributed by atoms with E-state index in [0.717, 1.165) is 17.3 Å². The molecule has 0 bridgehead atoms. The van der Waals surface area contributed by atoms with Crippen molar-refractivity contribution >= 4 is 34.4 Å². The van der Waals surface area contributed by atoms with Crippen molar-refractivity contribution < 1.29 is 9.59 Å². The van der Waals surface area contributed by atoms with Gasteiger partial charge >= 0.3 is 0 Å². The zero-order chi connectivity index (χ0) is 20.2. The van der Waals surface area contributed by atoms with Crippen molar-refractivity contribution in [3.8, 4) is 0 Å². The highest BCUT2D eigenvalue weighted by atomic mass is 16.2. The van der Waals surface area contributed by atoms with E-state index in [0.29, 0.717) is 30.3 Å². The minimum atomic E-state index is -0.288. The Kier molecular flexibility index (Phi) is 5.15. The molecule has 8 nitrogen and oxygen atoms in total. The second kappa shape index (κ2) is 8.05. The maximum atomic E-state index is 12.8. The molecule has 3 heterocycles. The molecule has 2 amide bonds. The zero-order valence-electron chi connectivity index (χ0n) is 15.7. The lowest BCUT2D eigenvalue weighted by molar-refractivity contribution is -0.111. The minimum absolute atomic E-state index is 0.0421. The Bertz CT molecular complexity index is 1070. The van der Waals surface area contributed by atoms with Gasteiger partial charge < -0.3 is 15.5 Å². The van der Waals surface area contributed by atoms with Crippen molar-refractivity contribution in [2.75, 3.05) is 23.7 Å². The Morgan fingerprint density at radius 1 is 1.17 bits per heavy atom. The van der Waals surface area contributed by atoms with E-state index in [1.807, 2.05) is 6.07 Å². The monoisotopic (exact) mass is 388 g/mol. The number of hydrogen-bond donors (Lipinski definition) is 2. The lowest BCUT2D eigenvalue weighted by atomic mass is 10.2. The van der Waals surface area contributed by atoms with Crippen LogP contribution in [0.4, 0.5) is 11.6 Å². The van der Waals surface area contributed by atoms with Crippen molar-refractivity contribution in [3.05, 3.63) is 67.1 Å². The molecule has 1 aromatic carbocycles. The molecule has 0 unspecified atom stereocenters. The molecule has 1 fully saturated rings. The number of anilines is 2. The zero-order valence-corrected chi connectivity index (χ0v) is 15.7. The van der Waals surface area contributed by atoms with Crippen LogP contribution in [0.15, 0.2) is 61.6 Å². The van der Waals surface area contributed by atoms with Gasteiger partial charge in [-0.2, -0.15) is 0 Å². The summed E-state index contributed by atoms with van der Waals surface area (Å²) in [5.74, 6) is 0.205. The molecule has 2 N–H and O–H groups in total. The molecule has 1 aliphatic rings. The number of nitrogens with one attached hydrogen (secondary N) is 2. The van der Waals surface area contributed by atoms with Crippen LogP contribution in [0.2, 0.25) is 0 Å². The number of hydrogen-bond acceptors (Lipinski definition) is 6. The molecule has 0 spiro atoms. The van der Waals surface area contributed by atoms with E-state index >= 15 is 0 Å². The summed E-state index contributed by atoms with van der Waals surface area (Å²) in [6.07, 6.45) is 7.18. The smallest absolute Gasteiger partial charge is 0.253 e. The van der Waals surface area contributed by atoms with Gasteiger partial charge in [-0.05, 0) is 42.8 Å². The third-order valence-electron chi connectivity index (χ3n) is 4.78. The van der Waals surface area contributed by atoms with Crippen LogP contribution in [0, 0.1) is 0 Å². The Balaban J connectivity index is 1.37. The molecule has 4 rings (SSSR count). The van der Waals surface area contributed by atoms with Gasteiger partial charge in [0, 0.05) is 48.2 Å². The van der Waals surface area contributed by atoms with Crippen LogP contribution in [-0.4, -0.2) is 50.8 Å². The van der Waals surface area contributed by atoms with Gasteiger partial charge in [-0.3, -0.25) is 14.6 Å². The van der Waals surface area contributed by atoms with Crippen molar-refractivity contribution in [1.82, 2.24) is 19.9 Å². The molecular formula is C21H20N6O2. The molecule has 0 saturated carbocycles. The number of carbonyl (C=O) groups excluding carboxylic acids is 2. The fraction of sp³-hybridized carbons (Fsp3) is 0.190. The summed E-state index contributed by atoms with van der Waals surface area (Å²) < 4.78 is 0. The normalized spacial score (nSPS) is 15.9. The molecule has 3 aromatic rings. The van der Waals surface area contributed by atoms with E-state index < -0.39 is 0 Å². The van der Waals surface area contributed by atoms with Crippen LogP contribution in [-0.2, 0) is 4.79 Å². The van der Waals surface area contributed by atoms with E-state index in [-0.39, 0.29) is 17.9 Å². The molecule has 0 radical (unpaired) electrons. The van der Waals surface area contributed by atoms with E-state index in [9.17, 15) is 9.59 Å². The number of nitrogens with zero attached hydrogens (tertiary/aromatic N) is 4. The molecule has 0 aliphatic carbocycles. The highest BCUT2D eigenvalue weighted by Crippen LogP contribution is 2.19. The fourth-order valence-electron chi connectivity index (χ4n) is 3.26. The summed E-state index contributed by atoms with van der Waals surface area (Å²) in [4.78, 5) is 38.8. The third kappa shape index (κ3) is 4.21. The number of likely N-dealkylation sites (tertiary alicyclic amines) is 1. The number of rotatable bonds is 5. The summed E-state index contributed by atoms with van der Waals surface area (Å²) in [6.45, 7) is 4.64. The molecule has 1 aliphatic heterocycles. The first kappa shape index (κ1) is 18.5. The van der Waals surface area contributed by atoms with E-state index in [1.54, 1.807) is 47.8 Å². The van der Waals surface area contributed by atoms with Gasteiger partial charge in [0.25, 0.3) is 5.91 Å². The second-order valence-electron chi connectivity index (χ2n) is 6.78. The Morgan fingerprint density at radius 2 is 2.00 bits per heavy atom. The topological polar surface area (TPSA) is 100 Å². The van der Waals surface area contributed by atoms with Gasteiger partial charge in [0.1, 0.15) is 0 Å². The predicted octanol–water partition coefficient (Wildman–Crippen LogP) is 2.48. The number of fused-ring (bicyclic) bond motifs is 1. The minimum Gasteiger partial charge on any atom is -0.350 e. The van der Waals surface area contributed by atoms with Gasteiger partial charge in [0.2, 0.25) is 11.9 Å². The summed E-state index contributed by atoms with van der Waals surface area (Å²) >= 11 is 0. The second-order valence-corrected chi connectivity index (χ2v) is 6.78. The quantitative estimate of drug-likeness (QED) is 0.652. The number of aromatic nitrogens is 3. The van der Waals surface area contributed by atoms with Crippen molar-refractivity contribution in [3.63, 3.8) is 0 Å². The molecule has 1 atom stereocenters. The summed E-state index contributed by atoms with van der Waals surface area (Å²) in [7, 11) is 0. The van der Waals surface area contributed by atoms with E-state index in [4.69, 9.17) is 0 Å². The number of pyridine rings is 1. The summed E-state index contributed by atoms with van der Waals surface area (Å²) in [6, 6.07) is 8.78. The fourth-order valence-corrected chi connectivity index (χ4v) is 3.26. The van der Waals surface area contributed by atoms with E-state index in [2.05, 4.69) is 32.2 Å². The Morgan fingerprint density at radius 3 is 2.79 bits per heavy atom. The highest BCUT2D eigenvalue weighted by molar-refractivity contribution is 5.99. The molecule has 2 aromatic heterocycles. The van der Waals surface area contributed by atoms with Gasteiger partial charge in [0.15, 0.2) is 0 Å². The average molecular weight is 388 g/mol. The Labute approximate surface area is 167 Å². The van der Waals surface area contributed by atoms with Crippen molar-refractivity contribution in [2.24, 2.45) is 0 Å². The maximum absolute atomic E-state index is 12.8. The van der Waals surface area contributed by atoms with Gasteiger partial charge in [-0.15, -0.1) is 0 Å². The SMILES string of the molecule is C=CC(=O)Nc1ccc(C(=O)N2CC[C@@H](Nc3ncc4ccncc4n3)C2)cc1. The standard InChI is InChI=1S/C21H20N6O2/c1-2-19(28)24-16-5-3-14(4-6-16)20(29)27-10-8-17(13-27)25-21-23-11-15-7-9-22-12-18(15)26-21/h2-7,9,11-12,17H,1,8,10,13H2,(H,24,28)(H,23,25,26)/t17-/m1/s1. The lowest BCUT2D eigenvalue weighted by Gasteiger charge is -2.17. The van der Waals surface area contributed by atoms with Gasteiger partial charge in [0.05, 0.1) is 11.7 Å². The largest absolute Gasteiger partial charge is 0.350 e. The first-order valence-electron chi connectivity index (χ1n) is 9.28. The molecule has 8 heteroatoms. The maximum Gasteiger partial charge on any atom is 0.253 e. The lowest BCUT2D eigenvalue weighted by Crippen LogP contribution is -2.31. The first-order valence-corrected chi connectivity index (χ1v) is 9.28. The van der Waals surface area contributed by atoms with Crippen molar-refractivity contribution in [2.45, 2.75) is 12.5 Å². The van der Waals surface area contributed by atoms with E-state index in [1.165, 1.54) is 6.08 Å². The first-order chi connectivity index (χ1) is 14.1. The molecule has 146 valence electrons.